The van der Waals surface area contributed by atoms with Gasteiger partial charge in [-0.1, -0.05) is 0 Å². The van der Waals surface area contributed by atoms with Gasteiger partial charge in [-0.3, -0.25) is 4.79 Å². The highest BCUT2D eigenvalue weighted by Crippen LogP contribution is 2.35. The van der Waals surface area contributed by atoms with Crippen molar-refractivity contribution in [3.05, 3.63) is 58.7 Å². The van der Waals surface area contributed by atoms with Crippen LogP contribution in [-0.2, 0) is 13.0 Å². The first-order valence-electron chi connectivity index (χ1n) is 8.15. The molecule has 1 heterocycles. The lowest BCUT2D eigenvalue weighted by molar-refractivity contribution is 0.0949. The van der Waals surface area contributed by atoms with Crippen LogP contribution < -0.4 is 14.8 Å². The Hall–Kier alpha value is -2.63. The van der Waals surface area contributed by atoms with Crippen molar-refractivity contribution in [1.29, 1.82) is 0 Å². The van der Waals surface area contributed by atoms with E-state index >= 15 is 0 Å². The van der Waals surface area contributed by atoms with Crippen molar-refractivity contribution >= 4 is 5.91 Å². The van der Waals surface area contributed by atoms with Crippen LogP contribution in [0.5, 0.6) is 11.5 Å². The second-order valence-corrected chi connectivity index (χ2v) is 5.97. The van der Waals surface area contributed by atoms with Gasteiger partial charge in [0.05, 0.1) is 6.61 Å². The van der Waals surface area contributed by atoms with E-state index in [-0.39, 0.29) is 18.2 Å². The average Bonchev–Trinajstić information content (AvgIpc) is 2.90. The Labute approximate surface area is 144 Å². The molecular weight excluding hydrogens is 328 g/mol. The molecule has 0 fully saturated rings. The summed E-state index contributed by atoms with van der Waals surface area (Å²) in [6.07, 6.45) is 0.912. The molecule has 0 aliphatic carbocycles. The third-order valence-corrected chi connectivity index (χ3v) is 3.94. The Morgan fingerprint density at radius 1 is 1.24 bits per heavy atom. The van der Waals surface area contributed by atoms with E-state index in [2.05, 4.69) is 5.32 Å². The number of hydrogen-bond acceptors (Lipinski definition) is 3. The second kappa shape index (κ2) is 7.09. The largest absolute Gasteiger partial charge is 0.494 e. The quantitative estimate of drug-likeness (QED) is 0.899. The SMILES string of the molecule is CCOc1cc2c(cc1CNC(=O)c1cc(F)cc(F)c1)O[C@H](C)C2. The third-order valence-electron chi connectivity index (χ3n) is 3.94. The van der Waals surface area contributed by atoms with E-state index in [1.165, 1.54) is 0 Å². The zero-order chi connectivity index (χ0) is 18.0. The number of benzene rings is 2. The van der Waals surface area contributed by atoms with Crippen LogP contribution in [0.4, 0.5) is 8.78 Å². The molecule has 1 aliphatic heterocycles. The minimum atomic E-state index is -0.792. The molecule has 0 bridgehead atoms. The van der Waals surface area contributed by atoms with Crippen molar-refractivity contribution in [2.45, 2.75) is 32.9 Å². The Morgan fingerprint density at radius 3 is 2.64 bits per heavy atom. The van der Waals surface area contributed by atoms with Gasteiger partial charge >= 0.3 is 0 Å². The van der Waals surface area contributed by atoms with Gasteiger partial charge in [-0.2, -0.15) is 0 Å². The molecule has 0 radical (unpaired) electrons. The van der Waals surface area contributed by atoms with Crippen LogP contribution in [0.1, 0.15) is 35.3 Å². The van der Waals surface area contributed by atoms with Gasteiger partial charge in [-0.25, -0.2) is 8.78 Å². The number of amides is 1. The van der Waals surface area contributed by atoms with Crippen molar-refractivity contribution in [2.75, 3.05) is 6.61 Å². The molecule has 1 N–H and O–H groups in total. The summed E-state index contributed by atoms with van der Waals surface area (Å²) >= 11 is 0. The maximum absolute atomic E-state index is 13.2. The third kappa shape index (κ3) is 3.90. The maximum Gasteiger partial charge on any atom is 0.251 e. The van der Waals surface area contributed by atoms with Crippen LogP contribution >= 0.6 is 0 Å². The lowest BCUT2D eigenvalue weighted by Gasteiger charge is -2.13. The number of rotatable bonds is 5. The highest BCUT2D eigenvalue weighted by atomic mass is 19.1. The maximum atomic E-state index is 13.2. The topological polar surface area (TPSA) is 47.6 Å². The molecule has 2 aromatic carbocycles. The van der Waals surface area contributed by atoms with E-state index in [9.17, 15) is 13.6 Å². The van der Waals surface area contributed by atoms with Gasteiger partial charge < -0.3 is 14.8 Å². The number of carbonyl (C=O) groups is 1. The average molecular weight is 347 g/mol. The minimum absolute atomic E-state index is 0.0681. The van der Waals surface area contributed by atoms with Crippen molar-refractivity contribution in [3.8, 4) is 11.5 Å². The zero-order valence-corrected chi connectivity index (χ0v) is 14.1. The van der Waals surface area contributed by atoms with Crippen LogP contribution in [0.2, 0.25) is 0 Å². The number of fused-ring (bicyclic) bond motifs is 1. The molecule has 1 aliphatic rings. The molecule has 1 atom stereocenters. The normalized spacial score (nSPS) is 15.4. The van der Waals surface area contributed by atoms with Gasteiger partial charge in [0.15, 0.2) is 0 Å². The van der Waals surface area contributed by atoms with Crippen molar-refractivity contribution in [1.82, 2.24) is 5.32 Å². The fourth-order valence-corrected chi connectivity index (χ4v) is 2.87. The molecule has 1 amide bonds. The summed E-state index contributed by atoms with van der Waals surface area (Å²) in [4.78, 5) is 12.2. The predicted octanol–water partition coefficient (Wildman–Crippen LogP) is 3.62. The molecule has 0 spiro atoms. The molecule has 25 heavy (non-hydrogen) atoms. The Kier molecular flexibility index (Phi) is 4.88. The van der Waals surface area contributed by atoms with Crippen molar-refractivity contribution < 1.29 is 23.0 Å². The summed E-state index contributed by atoms with van der Waals surface area (Å²) in [7, 11) is 0. The lowest BCUT2D eigenvalue weighted by Crippen LogP contribution is -2.23. The first-order chi connectivity index (χ1) is 12.0. The fraction of sp³-hybridized carbons (Fsp3) is 0.316. The van der Waals surface area contributed by atoms with Gasteiger partial charge in [0.2, 0.25) is 0 Å². The van der Waals surface area contributed by atoms with Crippen molar-refractivity contribution in [3.63, 3.8) is 0 Å². The smallest absolute Gasteiger partial charge is 0.251 e. The number of ether oxygens (including phenoxy) is 2. The van der Waals surface area contributed by atoms with Gasteiger partial charge in [0.25, 0.3) is 5.91 Å². The Bertz CT molecular complexity index is 787. The molecule has 0 unspecified atom stereocenters. The second-order valence-electron chi connectivity index (χ2n) is 5.97. The molecule has 0 aromatic heterocycles. The predicted molar refractivity (Wildman–Crippen MR) is 88.9 cm³/mol. The van der Waals surface area contributed by atoms with Crippen molar-refractivity contribution in [2.24, 2.45) is 0 Å². The first-order valence-corrected chi connectivity index (χ1v) is 8.15. The molecule has 3 rings (SSSR count). The standard InChI is InChI=1S/C19H19F2NO3/c1-3-24-17-7-12-4-11(2)25-18(12)8-14(17)10-22-19(23)13-5-15(20)9-16(21)6-13/h5-9,11H,3-4,10H2,1-2H3,(H,22,23)/t11-/m1/s1. The van der Waals surface area contributed by atoms with Gasteiger partial charge in [0.1, 0.15) is 29.2 Å². The van der Waals surface area contributed by atoms with E-state index in [0.29, 0.717) is 12.4 Å². The lowest BCUT2D eigenvalue weighted by atomic mass is 10.1. The molecule has 0 saturated carbocycles. The van der Waals surface area contributed by atoms with E-state index < -0.39 is 17.5 Å². The number of carbonyl (C=O) groups excluding carboxylic acids is 1. The van der Waals surface area contributed by atoms with Crippen LogP contribution in [0.25, 0.3) is 0 Å². The van der Waals surface area contributed by atoms with Gasteiger partial charge in [-0.15, -0.1) is 0 Å². The summed E-state index contributed by atoms with van der Waals surface area (Å²) in [5.74, 6) is -0.697. The minimum Gasteiger partial charge on any atom is -0.494 e. The van der Waals surface area contributed by atoms with Gasteiger partial charge in [-0.05, 0) is 38.1 Å². The number of hydrogen-bond donors (Lipinski definition) is 1. The first kappa shape index (κ1) is 17.2. The highest BCUT2D eigenvalue weighted by Gasteiger charge is 2.22. The summed E-state index contributed by atoms with van der Waals surface area (Å²) in [5.41, 5.74) is 1.75. The highest BCUT2D eigenvalue weighted by molar-refractivity contribution is 5.94. The number of nitrogens with one attached hydrogen (secondary N) is 1. The van der Waals surface area contributed by atoms with E-state index in [1.807, 2.05) is 26.0 Å². The summed E-state index contributed by atoms with van der Waals surface area (Å²) < 4.78 is 37.9. The summed E-state index contributed by atoms with van der Waals surface area (Å²) in [6.45, 7) is 4.52. The molecule has 132 valence electrons. The van der Waals surface area contributed by atoms with Crippen LogP contribution in [0.3, 0.4) is 0 Å². The summed E-state index contributed by atoms with van der Waals surface area (Å²) in [6, 6.07) is 6.48. The molecule has 0 saturated heterocycles. The van der Waals surface area contributed by atoms with Crippen LogP contribution in [0, 0.1) is 11.6 Å². The molecular formula is C19H19F2NO3. The molecule has 4 nitrogen and oxygen atoms in total. The Morgan fingerprint density at radius 2 is 1.96 bits per heavy atom. The fourth-order valence-electron chi connectivity index (χ4n) is 2.87. The molecule has 6 heteroatoms. The monoisotopic (exact) mass is 347 g/mol. The van der Waals surface area contributed by atoms with E-state index in [4.69, 9.17) is 9.47 Å². The van der Waals surface area contributed by atoms with E-state index in [0.717, 1.165) is 41.5 Å². The molecule has 2 aromatic rings. The zero-order valence-electron chi connectivity index (χ0n) is 14.1. The number of halogens is 2. The Balaban J connectivity index is 1.78. The van der Waals surface area contributed by atoms with Gasteiger partial charge in [0, 0.05) is 35.7 Å². The summed E-state index contributed by atoms with van der Waals surface area (Å²) in [5, 5.41) is 2.66. The van der Waals surface area contributed by atoms with E-state index in [1.54, 1.807) is 0 Å². The van der Waals surface area contributed by atoms with Crippen LogP contribution in [-0.4, -0.2) is 18.6 Å². The van der Waals surface area contributed by atoms with Crippen LogP contribution in [0.15, 0.2) is 30.3 Å².